The van der Waals surface area contributed by atoms with Gasteiger partial charge in [0.25, 0.3) is 0 Å². The van der Waals surface area contributed by atoms with E-state index in [1.54, 1.807) is 0 Å². The molecular formula is C19H27NO2. The summed E-state index contributed by atoms with van der Waals surface area (Å²) in [6.07, 6.45) is 9.48. The van der Waals surface area contributed by atoms with Crippen LogP contribution in [-0.4, -0.2) is 24.7 Å². The maximum atomic E-state index is 12.2. The van der Waals surface area contributed by atoms with Crippen LogP contribution in [0.2, 0.25) is 0 Å². The lowest BCUT2D eigenvalue weighted by atomic mass is 9.84. The Kier molecular flexibility index (Phi) is 5.49. The molecule has 1 aliphatic carbocycles. The maximum absolute atomic E-state index is 12.2. The van der Waals surface area contributed by atoms with Crippen molar-refractivity contribution in [3.8, 4) is 0 Å². The van der Waals surface area contributed by atoms with Crippen molar-refractivity contribution in [2.75, 3.05) is 6.61 Å². The van der Waals surface area contributed by atoms with E-state index in [-0.39, 0.29) is 18.1 Å². The van der Waals surface area contributed by atoms with Gasteiger partial charge in [0.15, 0.2) is 0 Å². The molecule has 0 bridgehead atoms. The zero-order valence-corrected chi connectivity index (χ0v) is 13.3. The van der Waals surface area contributed by atoms with Crippen molar-refractivity contribution < 1.29 is 9.53 Å². The Bertz CT molecular complexity index is 464. The summed E-state index contributed by atoms with van der Waals surface area (Å²) in [7, 11) is 0. The van der Waals surface area contributed by atoms with E-state index in [0.29, 0.717) is 6.42 Å². The van der Waals surface area contributed by atoms with Gasteiger partial charge in [0, 0.05) is 6.42 Å². The number of hydrogen-bond donors (Lipinski definition) is 1. The van der Waals surface area contributed by atoms with Crippen molar-refractivity contribution >= 4 is 5.91 Å². The van der Waals surface area contributed by atoms with Crippen LogP contribution in [0.4, 0.5) is 0 Å². The molecule has 1 heterocycles. The molecule has 3 nitrogen and oxygen atoms in total. The lowest BCUT2D eigenvalue weighted by molar-refractivity contribution is -0.122. The number of ether oxygens (including phenoxy) is 1. The van der Waals surface area contributed by atoms with Gasteiger partial charge >= 0.3 is 0 Å². The predicted octanol–water partition coefficient (Wildman–Crippen LogP) is 3.47. The van der Waals surface area contributed by atoms with Crippen molar-refractivity contribution in [3.05, 3.63) is 35.9 Å². The summed E-state index contributed by atoms with van der Waals surface area (Å²) in [6.45, 7) is 0.816. The van der Waals surface area contributed by atoms with Crippen LogP contribution in [0.15, 0.2) is 30.3 Å². The molecule has 0 radical (unpaired) electrons. The lowest BCUT2D eigenvalue weighted by Crippen LogP contribution is -2.40. The van der Waals surface area contributed by atoms with E-state index in [0.717, 1.165) is 25.4 Å². The summed E-state index contributed by atoms with van der Waals surface area (Å²) in [4.78, 5) is 12.2. The third-order valence-corrected chi connectivity index (χ3v) is 4.95. The second kappa shape index (κ2) is 7.77. The molecule has 2 fully saturated rings. The number of carbonyl (C=O) groups excluding carboxylic acids is 1. The average Bonchev–Trinajstić information content (AvgIpc) is 3.39. The Morgan fingerprint density at radius 1 is 1.18 bits per heavy atom. The SMILES string of the molecule is O=C(CCc1ccccc1)N[C@@H](CC1CCCCC1)C1CO1. The quantitative estimate of drug-likeness (QED) is 0.784. The molecule has 0 aromatic heterocycles. The molecule has 22 heavy (non-hydrogen) atoms. The summed E-state index contributed by atoms with van der Waals surface area (Å²) in [5.74, 6) is 0.942. The van der Waals surface area contributed by atoms with Gasteiger partial charge in [-0.2, -0.15) is 0 Å². The number of epoxide rings is 1. The van der Waals surface area contributed by atoms with Crippen molar-refractivity contribution in [1.29, 1.82) is 0 Å². The molecule has 0 spiro atoms. The summed E-state index contributed by atoms with van der Waals surface area (Å²) in [6, 6.07) is 10.4. The topological polar surface area (TPSA) is 41.6 Å². The normalized spacial score (nSPS) is 23.0. The largest absolute Gasteiger partial charge is 0.371 e. The average molecular weight is 301 g/mol. The van der Waals surface area contributed by atoms with E-state index in [1.807, 2.05) is 18.2 Å². The Labute approximate surface area is 133 Å². The van der Waals surface area contributed by atoms with Crippen molar-refractivity contribution in [2.24, 2.45) is 5.92 Å². The molecule has 2 aliphatic rings. The number of benzene rings is 1. The third-order valence-electron chi connectivity index (χ3n) is 4.95. The molecule has 1 aromatic carbocycles. The Morgan fingerprint density at radius 2 is 1.91 bits per heavy atom. The first-order valence-corrected chi connectivity index (χ1v) is 8.76. The van der Waals surface area contributed by atoms with Crippen molar-refractivity contribution in [2.45, 2.75) is 63.5 Å². The molecule has 3 heteroatoms. The van der Waals surface area contributed by atoms with Gasteiger partial charge in [0.2, 0.25) is 5.91 Å². The highest BCUT2D eigenvalue weighted by molar-refractivity contribution is 5.76. The highest BCUT2D eigenvalue weighted by Gasteiger charge is 2.35. The molecule has 1 aromatic rings. The summed E-state index contributed by atoms with van der Waals surface area (Å²) < 4.78 is 5.46. The van der Waals surface area contributed by atoms with Crippen LogP contribution >= 0.6 is 0 Å². The van der Waals surface area contributed by atoms with Crippen LogP contribution in [0.1, 0.15) is 50.5 Å². The van der Waals surface area contributed by atoms with Crippen LogP contribution in [0.5, 0.6) is 0 Å². The van der Waals surface area contributed by atoms with Gasteiger partial charge in [-0.1, -0.05) is 62.4 Å². The Hall–Kier alpha value is -1.35. The predicted molar refractivity (Wildman–Crippen MR) is 87.6 cm³/mol. The summed E-state index contributed by atoms with van der Waals surface area (Å²) in [5, 5.41) is 3.23. The molecular weight excluding hydrogens is 274 g/mol. The molecule has 1 saturated heterocycles. The van der Waals surface area contributed by atoms with Gasteiger partial charge in [-0.15, -0.1) is 0 Å². The Morgan fingerprint density at radius 3 is 2.59 bits per heavy atom. The Balaban J connectivity index is 1.44. The molecule has 3 rings (SSSR count). The smallest absolute Gasteiger partial charge is 0.220 e. The second-order valence-corrected chi connectivity index (χ2v) is 6.77. The van der Waals surface area contributed by atoms with E-state index >= 15 is 0 Å². The first-order chi connectivity index (χ1) is 10.8. The van der Waals surface area contributed by atoms with Crippen LogP contribution in [0, 0.1) is 5.92 Å². The fourth-order valence-electron chi connectivity index (χ4n) is 3.55. The fraction of sp³-hybridized carbons (Fsp3) is 0.632. The third kappa shape index (κ3) is 4.84. The second-order valence-electron chi connectivity index (χ2n) is 6.77. The standard InChI is InChI=1S/C19H27NO2/c21-19(12-11-15-7-3-1-4-8-15)20-17(18-14-22-18)13-16-9-5-2-6-10-16/h1,3-4,7-8,16-18H,2,5-6,9-14H2,(H,20,21)/t17-,18?/m0/s1. The summed E-state index contributed by atoms with van der Waals surface area (Å²) in [5.41, 5.74) is 1.23. The zero-order chi connectivity index (χ0) is 15.2. The number of nitrogens with one attached hydrogen (secondary N) is 1. The number of carbonyl (C=O) groups is 1. The molecule has 120 valence electrons. The van der Waals surface area contributed by atoms with Crippen molar-refractivity contribution in [1.82, 2.24) is 5.32 Å². The first-order valence-electron chi connectivity index (χ1n) is 8.76. The van der Waals surface area contributed by atoms with Gasteiger partial charge < -0.3 is 10.1 Å². The monoisotopic (exact) mass is 301 g/mol. The molecule has 1 aliphatic heterocycles. The minimum Gasteiger partial charge on any atom is -0.371 e. The zero-order valence-electron chi connectivity index (χ0n) is 13.3. The minimum absolute atomic E-state index is 0.167. The number of rotatable bonds is 7. The van der Waals surface area contributed by atoms with E-state index < -0.39 is 0 Å². The van der Waals surface area contributed by atoms with Crippen LogP contribution in [0.25, 0.3) is 0 Å². The highest BCUT2D eigenvalue weighted by atomic mass is 16.6. The fourth-order valence-corrected chi connectivity index (χ4v) is 3.55. The number of aryl methyl sites for hydroxylation is 1. The molecule has 1 N–H and O–H groups in total. The number of amides is 1. The van der Waals surface area contributed by atoms with Crippen LogP contribution in [-0.2, 0) is 16.0 Å². The van der Waals surface area contributed by atoms with Crippen LogP contribution < -0.4 is 5.32 Å². The van der Waals surface area contributed by atoms with Crippen molar-refractivity contribution in [3.63, 3.8) is 0 Å². The van der Waals surface area contributed by atoms with E-state index in [4.69, 9.17) is 4.74 Å². The molecule has 1 amide bonds. The van der Waals surface area contributed by atoms with Gasteiger partial charge in [-0.25, -0.2) is 0 Å². The first kappa shape index (κ1) is 15.5. The van der Waals surface area contributed by atoms with E-state index in [9.17, 15) is 4.79 Å². The van der Waals surface area contributed by atoms with E-state index in [2.05, 4.69) is 17.4 Å². The molecule has 1 unspecified atom stereocenters. The minimum atomic E-state index is 0.167. The number of hydrogen-bond acceptors (Lipinski definition) is 2. The maximum Gasteiger partial charge on any atom is 0.220 e. The molecule has 1 saturated carbocycles. The van der Waals surface area contributed by atoms with Gasteiger partial charge in [0.1, 0.15) is 6.10 Å². The van der Waals surface area contributed by atoms with Gasteiger partial charge in [-0.05, 0) is 24.3 Å². The van der Waals surface area contributed by atoms with Gasteiger partial charge in [-0.3, -0.25) is 4.79 Å². The lowest BCUT2D eigenvalue weighted by Gasteiger charge is -2.26. The van der Waals surface area contributed by atoms with Gasteiger partial charge in [0.05, 0.1) is 12.6 Å². The highest BCUT2D eigenvalue weighted by Crippen LogP contribution is 2.30. The molecule has 2 atom stereocenters. The van der Waals surface area contributed by atoms with Crippen LogP contribution in [0.3, 0.4) is 0 Å². The summed E-state index contributed by atoms with van der Waals surface area (Å²) >= 11 is 0. The van der Waals surface area contributed by atoms with E-state index in [1.165, 1.54) is 37.7 Å².